The number of carbonyl (C=O) groups is 1. The van der Waals surface area contributed by atoms with E-state index < -0.39 is 26.6 Å². The lowest BCUT2D eigenvalue weighted by Gasteiger charge is -2.29. The molecule has 0 spiro atoms. The van der Waals surface area contributed by atoms with Crippen LogP contribution in [0.5, 0.6) is 0 Å². The predicted octanol–water partition coefficient (Wildman–Crippen LogP) is 10.6. The molecule has 0 aromatic rings. The fraction of sp³-hybridized carbons (Fsp3) is 0.705. The Morgan fingerprint density at radius 1 is 0.679 bits per heavy atom. The number of hydrogen-bond acceptors (Lipinski definition) is 6. The van der Waals surface area contributed by atoms with Crippen molar-refractivity contribution in [3.63, 3.8) is 0 Å². The summed E-state index contributed by atoms with van der Waals surface area (Å²) in [5, 5.41) is 13.7. The van der Waals surface area contributed by atoms with Gasteiger partial charge in [-0.2, -0.15) is 0 Å². The zero-order chi connectivity index (χ0) is 39.3. The molecule has 0 heterocycles. The largest absolute Gasteiger partial charge is 0.756 e. The van der Waals surface area contributed by atoms with Crippen LogP contribution in [0, 0.1) is 0 Å². The number of hydrogen-bond donors (Lipinski definition) is 2. The number of nitrogens with zero attached hydrogens (tertiary/aromatic N) is 1. The fourth-order valence-corrected chi connectivity index (χ4v) is 6.06. The third-order valence-corrected chi connectivity index (χ3v) is 9.61. The lowest BCUT2D eigenvalue weighted by molar-refractivity contribution is -0.870. The van der Waals surface area contributed by atoms with Crippen LogP contribution >= 0.6 is 7.82 Å². The number of rotatable bonds is 36. The van der Waals surface area contributed by atoms with Gasteiger partial charge in [0.25, 0.3) is 7.82 Å². The molecular formula is C44H79N2O6P. The molecule has 0 saturated carbocycles. The first-order valence-electron chi connectivity index (χ1n) is 20.8. The van der Waals surface area contributed by atoms with Crippen molar-refractivity contribution in [2.45, 2.75) is 161 Å². The van der Waals surface area contributed by atoms with E-state index in [2.05, 4.69) is 79.9 Å². The summed E-state index contributed by atoms with van der Waals surface area (Å²) in [5.41, 5.74) is 0. The molecule has 0 saturated heterocycles. The number of amides is 1. The minimum atomic E-state index is -4.60. The van der Waals surface area contributed by atoms with E-state index in [1.54, 1.807) is 6.08 Å². The maximum absolute atomic E-state index is 12.8. The Bertz CT molecular complexity index is 1090. The van der Waals surface area contributed by atoms with Crippen LogP contribution < -0.4 is 10.2 Å². The molecule has 306 valence electrons. The summed E-state index contributed by atoms with van der Waals surface area (Å²) in [6.45, 7) is 4.45. The highest BCUT2D eigenvalue weighted by Gasteiger charge is 2.23. The van der Waals surface area contributed by atoms with Crippen LogP contribution in [-0.2, 0) is 18.4 Å². The van der Waals surface area contributed by atoms with Gasteiger partial charge < -0.3 is 28.8 Å². The van der Waals surface area contributed by atoms with Gasteiger partial charge in [-0.15, -0.1) is 0 Å². The molecule has 0 radical (unpaired) electrons. The molecule has 0 aromatic heterocycles. The molecule has 0 fully saturated rings. The normalized spacial score (nSPS) is 15.2. The van der Waals surface area contributed by atoms with Gasteiger partial charge in [0.05, 0.1) is 39.9 Å². The zero-order valence-corrected chi connectivity index (χ0v) is 35.3. The van der Waals surface area contributed by atoms with Crippen molar-refractivity contribution in [2.24, 2.45) is 0 Å². The standard InChI is InChI=1S/C44H79N2O6P/c1-6-8-10-12-14-16-18-20-21-22-23-24-25-26-28-30-32-34-36-38-44(48)45-42(41-52-53(49,50)51-40-39-46(3,4)5)43(47)37-35-33-31-29-27-19-17-15-13-11-9-7-2/h8,10,14,16,20-21,23-24,27,29,35,37,42-43,47H,6-7,9,11-13,15,17-19,22,25-26,28,30-34,36,38-41H2,1-5H3,(H-,45,48,49,50)/b10-8-,16-14-,21-20-,24-23-,29-27+,37-35+. The quantitative estimate of drug-likeness (QED) is 0.0285. The van der Waals surface area contributed by atoms with Crippen LogP contribution in [0.25, 0.3) is 0 Å². The van der Waals surface area contributed by atoms with Crippen LogP contribution in [0.3, 0.4) is 0 Å². The van der Waals surface area contributed by atoms with Crippen molar-refractivity contribution in [1.82, 2.24) is 5.32 Å². The Morgan fingerprint density at radius 2 is 1.17 bits per heavy atom. The molecule has 0 aliphatic carbocycles. The van der Waals surface area contributed by atoms with Gasteiger partial charge in [0.15, 0.2) is 0 Å². The van der Waals surface area contributed by atoms with Gasteiger partial charge in [0.1, 0.15) is 13.2 Å². The molecule has 0 aromatic carbocycles. The van der Waals surface area contributed by atoms with Crippen molar-refractivity contribution in [3.05, 3.63) is 72.9 Å². The van der Waals surface area contributed by atoms with Gasteiger partial charge in [-0.25, -0.2) is 0 Å². The number of quaternary nitrogens is 1. The molecule has 3 atom stereocenters. The van der Waals surface area contributed by atoms with E-state index in [4.69, 9.17) is 9.05 Å². The lowest BCUT2D eigenvalue weighted by atomic mass is 10.1. The second-order valence-corrected chi connectivity index (χ2v) is 16.4. The predicted molar refractivity (Wildman–Crippen MR) is 223 cm³/mol. The molecule has 8 nitrogen and oxygen atoms in total. The highest BCUT2D eigenvalue weighted by Crippen LogP contribution is 2.38. The van der Waals surface area contributed by atoms with Crippen LogP contribution in [0.4, 0.5) is 0 Å². The van der Waals surface area contributed by atoms with E-state index in [1.165, 1.54) is 51.4 Å². The van der Waals surface area contributed by atoms with Gasteiger partial charge in [0.2, 0.25) is 5.91 Å². The number of phosphoric acid groups is 1. The molecule has 9 heteroatoms. The minimum absolute atomic E-state index is 0.0133. The van der Waals surface area contributed by atoms with E-state index >= 15 is 0 Å². The van der Waals surface area contributed by atoms with Crippen LogP contribution in [-0.4, -0.2) is 68.5 Å². The van der Waals surface area contributed by atoms with Gasteiger partial charge in [-0.1, -0.05) is 145 Å². The average molecular weight is 763 g/mol. The van der Waals surface area contributed by atoms with E-state index in [0.29, 0.717) is 17.4 Å². The summed E-state index contributed by atoms with van der Waals surface area (Å²) in [6, 6.07) is -0.912. The summed E-state index contributed by atoms with van der Waals surface area (Å²) in [7, 11) is 1.22. The SMILES string of the molecule is CC/C=C\C/C=C\C/C=C\C/C=C\CCCCCCCCC(=O)NC(COP(=O)([O-])OCC[N+](C)(C)C)C(O)/C=C/CC/C=C/CCCCCCCC. The van der Waals surface area contributed by atoms with Crippen molar-refractivity contribution in [2.75, 3.05) is 40.9 Å². The first-order chi connectivity index (χ1) is 25.5. The number of likely N-dealkylation sites (N-methyl/N-ethyl adjacent to an activating group) is 1. The van der Waals surface area contributed by atoms with E-state index in [0.717, 1.165) is 77.0 Å². The Balaban J connectivity index is 4.52. The number of phosphoric ester groups is 1. The number of allylic oxidation sites excluding steroid dienone is 11. The molecule has 0 bridgehead atoms. The van der Waals surface area contributed by atoms with E-state index in [9.17, 15) is 19.4 Å². The van der Waals surface area contributed by atoms with Crippen LogP contribution in [0.1, 0.15) is 149 Å². The average Bonchev–Trinajstić information content (AvgIpc) is 3.10. The summed E-state index contributed by atoms with van der Waals surface area (Å²) in [6.07, 6.45) is 46.6. The summed E-state index contributed by atoms with van der Waals surface area (Å²) >= 11 is 0. The summed E-state index contributed by atoms with van der Waals surface area (Å²) < 4.78 is 23.1. The molecule has 0 rings (SSSR count). The topological polar surface area (TPSA) is 108 Å². The number of carbonyl (C=O) groups excluding carboxylic acids is 1. The zero-order valence-electron chi connectivity index (χ0n) is 34.4. The summed E-state index contributed by atoms with van der Waals surface area (Å²) in [4.78, 5) is 25.2. The highest BCUT2D eigenvalue weighted by atomic mass is 31.2. The third kappa shape index (κ3) is 38.0. The van der Waals surface area contributed by atoms with Gasteiger partial charge in [-0.05, 0) is 70.6 Å². The number of aliphatic hydroxyl groups is 1. The van der Waals surface area contributed by atoms with Crippen molar-refractivity contribution < 1.29 is 32.9 Å². The maximum Gasteiger partial charge on any atom is 0.268 e. The minimum Gasteiger partial charge on any atom is -0.756 e. The lowest BCUT2D eigenvalue weighted by Crippen LogP contribution is -2.45. The monoisotopic (exact) mass is 763 g/mol. The molecule has 0 aliphatic heterocycles. The second kappa shape index (κ2) is 35.6. The molecule has 3 unspecified atom stereocenters. The number of unbranched alkanes of at least 4 members (excludes halogenated alkanes) is 13. The molecular weight excluding hydrogens is 683 g/mol. The smallest absolute Gasteiger partial charge is 0.268 e. The van der Waals surface area contributed by atoms with Gasteiger partial charge in [0, 0.05) is 6.42 Å². The Hall–Kier alpha value is -2.06. The van der Waals surface area contributed by atoms with Crippen LogP contribution in [0.15, 0.2) is 72.9 Å². The second-order valence-electron chi connectivity index (χ2n) is 14.9. The summed E-state index contributed by atoms with van der Waals surface area (Å²) in [5.74, 6) is -0.227. The fourth-order valence-electron chi connectivity index (χ4n) is 5.33. The Labute approximate surface area is 325 Å². The number of nitrogens with one attached hydrogen (secondary N) is 1. The van der Waals surface area contributed by atoms with Crippen molar-refractivity contribution >= 4 is 13.7 Å². The molecule has 2 N–H and O–H groups in total. The highest BCUT2D eigenvalue weighted by molar-refractivity contribution is 7.45. The van der Waals surface area contributed by atoms with Crippen molar-refractivity contribution in [1.29, 1.82) is 0 Å². The molecule has 1 amide bonds. The van der Waals surface area contributed by atoms with Crippen LogP contribution in [0.2, 0.25) is 0 Å². The van der Waals surface area contributed by atoms with E-state index in [1.807, 2.05) is 27.2 Å². The molecule has 0 aliphatic rings. The molecule has 53 heavy (non-hydrogen) atoms. The number of aliphatic hydroxyl groups excluding tert-OH is 1. The van der Waals surface area contributed by atoms with Gasteiger partial charge in [-0.3, -0.25) is 9.36 Å². The first kappa shape index (κ1) is 50.9. The maximum atomic E-state index is 12.8. The Kier molecular flexibility index (Phi) is 34.2. The van der Waals surface area contributed by atoms with Crippen molar-refractivity contribution in [3.8, 4) is 0 Å². The first-order valence-corrected chi connectivity index (χ1v) is 22.3. The van der Waals surface area contributed by atoms with E-state index in [-0.39, 0.29) is 12.5 Å². The van der Waals surface area contributed by atoms with Gasteiger partial charge >= 0.3 is 0 Å². The Morgan fingerprint density at radius 3 is 1.75 bits per heavy atom. The third-order valence-electron chi connectivity index (χ3n) is 8.65.